The summed E-state index contributed by atoms with van der Waals surface area (Å²) in [6, 6.07) is 12.8. The second-order valence-electron chi connectivity index (χ2n) is 5.63. The number of hydrogen-bond donors (Lipinski definition) is 0. The molecule has 0 saturated carbocycles. The highest BCUT2D eigenvalue weighted by Crippen LogP contribution is 2.23. The molecule has 0 spiro atoms. The van der Waals surface area contributed by atoms with E-state index < -0.39 is 0 Å². The number of hydrogen-bond acceptors (Lipinski definition) is 4. The van der Waals surface area contributed by atoms with Gasteiger partial charge in [0.1, 0.15) is 6.61 Å². The largest absolute Gasteiger partial charge is 0.461 e. The van der Waals surface area contributed by atoms with Crippen LogP contribution in [0.1, 0.15) is 35.4 Å². The fourth-order valence-corrected chi connectivity index (χ4v) is 2.84. The minimum atomic E-state index is -0.358. The number of rotatable bonds is 5. The predicted molar refractivity (Wildman–Crippen MR) is 84.0 cm³/mol. The van der Waals surface area contributed by atoms with Crippen molar-refractivity contribution in [3.63, 3.8) is 0 Å². The van der Waals surface area contributed by atoms with Gasteiger partial charge >= 0.3 is 6.09 Å². The zero-order chi connectivity index (χ0) is 16.1. The lowest BCUT2D eigenvalue weighted by molar-refractivity contribution is 0.0818. The second-order valence-corrected chi connectivity index (χ2v) is 5.63. The van der Waals surface area contributed by atoms with E-state index in [2.05, 4.69) is 0 Å². The van der Waals surface area contributed by atoms with Gasteiger partial charge in [-0.1, -0.05) is 30.3 Å². The number of Topliss-reactive ketones (excluding diaryl/α,β-unsaturated/α-hetero) is 1. The summed E-state index contributed by atoms with van der Waals surface area (Å²) in [5.41, 5.74) is 0.947. The lowest BCUT2D eigenvalue weighted by Gasteiger charge is -2.23. The van der Waals surface area contributed by atoms with Crippen molar-refractivity contribution in [3.8, 4) is 0 Å². The summed E-state index contributed by atoms with van der Waals surface area (Å²) in [5.74, 6) is 0.261. The van der Waals surface area contributed by atoms with Crippen LogP contribution in [0.4, 0.5) is 4.79 Å². The van der Waals surface area contributed by atoms with Crippen LogP contribution >= 0.6 is 0 Å². The summed E-state index contributed by atoms with van der Waals surface area (Å²) in [6.07, 6.45) is 3.09. The molecule has 23 heavy (non-hydrogen) atoms. The third-order valence-electron chi connectivity index (χ3n) is 4.03. The first-order chi connectivity index (χ1) is 11.2. The fraction of sp³-hybridized carbons (Fsp3) is 0.333. The number of ketones is 1. The zero-order valence-corrected chi connectivity index (χ0v) is 12.8. The Kier molecular flexibility index (Phi) is 4.76. The first-order valence-electron chi connectivity index (χ1n) is 7.78. The molecule has 0 bridgehead atoms. The maximum absolute atomic E-state index is 12.3. The molecular weight excluding hydrogens is 294 g/mol. The van der Waals surface area contributed by atoms with Gasteiger partial charge in [0.25, 0.3) is 0 Å². The van der Waals surface area contributed by atoms with Crippen LogP contribution < -0.4 is 0 Å². The van der Waals surface area contributed by atoms with Gasteiger partial charge in [0, 0.05) is 19.0 Å². The molecule has 5 nitrogen and oxygen atoms in total. The van der Waals surface area contributed by atoms with Crippen molar-refractivity contribution in [3.05, 3.63) is 60.1 Å². The number of ether oxygens (including phenoxy) is 1. The molecule has 1 aliphatic heterocycles. The summed E-state index contributed by atoms with van der Waals surface area (Å²) >= 11 is 0. The number of likely N-dealkylation sites (tertiary alicyclic amines) is 1. The minimum absolute atomic E-state index is 0.0808. The van der Waals surface area contributed by atoms with E-state index in [1.54, 1.807) is 17.0 Å². The molecule has 1 unspecified atom stereocenters. The van der Waals surface area contributed by atoms with Crippen LogP contribution in [0.3, 0.4) is 0 Å². The first-order valence-corrected chi connectivity index (χ1v) is 7.78. The van der Waals surface area contributed by atoms with Crippen molar-refractivity contribution in [2.24, 2.45) is 0 Å². The van der Waals surface area contributed by atoms with E-state index in [-0.39, 0.29) is 30.9 Å². The van der Waals surface area contributed by atoms with E-state index in [1.807, 2.05) is 30.3 Å². The molecule has 120 valence electrons. The average molecular weight is 313 g/mol. The molecule has 2 aromatic rings. The molecule has 3 rings (SSSR count). The Hall–Kier alpha value is -2.56. The van der Waals surface area contributed by atoms with Gasteiger partial charge in [-0.2, -0.15) is 0 Å². The Labute approximate surface area is 134 Å². The van der Waals surface area contributed by atoms with Gasteiger partial charge in [0.2, 0.25) is 0 Å². The van der Waals surface area contributed by atoms with Crippen molar-refractivity contribution in [1.82, 2.24) is 4.90 Å². The molecule has 1 aromatic heterocycles. The Morgan fingerprint density at radius 3 is 2.74 bits per heavy atom. The molecule has 1 atom stereocenters. The molecule has 5 heteroatoms. The molecule has 0 aliphatic carbocycles. The van der Waals surface area contributed by atoms with Crippen LogP contribution in [0.5, 0.6) is 0 Å². The molecule has 1 aliphatic rings. The molecular formula is C18H19NO4. The van der Waals surface area contributed by atoms with Crippen LogP contribution in [0.2, 0.25) is 0 Å². The van der Waals surface area contributed by atoms with Gasteiger partial charge in [-0.15, -0.1) is 0 Å². The normalized spacial score (nSPS) is 17.2. The first kappa shape index (κ1) is 15.3. The lowest BCUT2D eigenvalue weighted by Crippen LogP contribution is -2.37. The number of benzene rings is 1. The number of carbonyl (C=O) groups excluding carboxylic acids is 2. The van der Waals surface area contributed by atoms with E-state index >= 15 is 0 Å². The fourth-order valence-electron chi connectivity index (χ4n) is 2.84. The quantitative estimate of drug-likeness (QED) is 0.791. The lowest BCUT2D eigenvalue weighted by atomic mass is 10.1. The van der Waals surface area contributed by atoms with Crippen LogP contribution in [-0.4, -0.2) is 29.4 Å². The van der Waals surface area contributed by atoms with Gasteiger partial charge in [-0.3, -0.25) is 4.79 Å². The number of amides is 1. The Morgan fingerprint density at radius 1 is 1.17 bits per heavy atom. The van der Waals surface area contributed by atoms with Gasteiger partial charge in [-0.25, -0.2) is 4.79 Å². The molecule has 1 fully saturated rings. The second kappa shape index (κ2) is 7.13. The smallest absolute Gasteiger partial charge is 0.410 e. The Balaban J connectivity index is 1.55. The Bertz CT molecular complexity index is 651. The third kappa shape index (κ3) is 3.80. The number of carbonyl (C=O) groups is 2. The summed E-state index contributed by atoms with van der Waals surface area (Å²) in [6.45, 7) is 0.874. The van der Waals surface area contributed by atoms with Gasteiger partial charge in [0.15, 0.2) is 11.5 Å². The molecule has 1 aromatic carbocycles. The van der Waals surface area contributed by atoms with Gasteiger partial charge in [-0.05, 0) is 30.5 Å². The van der Waals surface area contributed by atoms with E-state index in [9.17, 15) is 9.59 Å². The predicted octanol–water partition coefficient (Wildman–Crippen LogP) is 3.65. The van der Waals surface area contributed by atoms with Crippen molar-refractivity contribution >= 4 is 11.9 Å². The van der Waals surface area contributed by atoms with E-state index in [0.29, 0.717) is 12.3 Å². The minimum Gasteiger partial charge on any atom is -0.461 e. The molecule has 0 radical (unpaired) electrons. The maximum atomic E-state index is 12.3. The van der Waals surface area contributed by atoms with Crippen molar-refractivity contribution in [2.45, 2.75) is 31.9 Å². The zero-order valence-electron chi connectivity index (χ0n) is 12.8. The monoisotopic (exact) mass is 313 g/mol. The molecule has 1 amide bonds. The summed E-state index contributed by atoms with van der Waals surface area (Å²) in [7, 11) is 0. The number of nitrogens with zero attached hydrogens (tertiary/aromatic N) is 1. The third-order valence-corrected chi connectivity index (χ3v) is 4.03. The SMILES string of the molecule is O=C(CC1CCCN1C(=O)OCc1ccccc1)c1ccco1. The van der Waals surface area contributed by atoms with E-state index in [4.69, 9.17) is 9.15 Å². The highest BCUT2D eigenvalue weighted by molar-refractivity contribution is 5.94. The topological polar surface area (TPSA) is 59.8 Å². The standard InChI is InChI=1S/C18H19NO4/c20-16(17-9-5-11-22-17)12-15-8-4-10-19(15)18(21)23-13-14-6-2-1-3-7-14/h1-3,5-7,9,11,15H,4,8,10,12-13H2. The molecule has 1 saturated heterocycles. The van der Waals surface area contributed by atoms with Gasteiger partial charge < -0.3 is 14.1 Å². The highest BCUT2D eigenvalue weighted by Gasteiger charge is 2.32. The highest BCUT2D eigenvalue weighted by atomic mass is 16.6. The van der Waals surface area contributed by atoms with E-state index in [0.717, 1.165) is 18.4 Å². The van der Waals surface area contributed by atoms with Crippen LogP contribution in [0.15, 0.2) is 53.1 Å². The summed E-state index contributed by atoms with van der Waals surface area (Å²) < 4.78 is 10.5. The van der Waals surface area contributed by atoms with Gasteiger partial charge in [0.05, 0.1) is 6.26 Å². The maximum Gasteiger partial charge on any atom is 0.410 e. The van der Waals surface area contributed by atoms with Crippen molar-refractivity contribution in [1.29, 1.82) is 0 Å². The Morgan fingerprint density at radius 2 is 2.00 bits per heavy atom. The summed E-state index contributed by atoms with van der Waals surface area (Å²) in [4.78, 5) is 26.1. The molecule has 2 heterocycles. The van der Waals surface area contributed by atoms with E-state index in [1.165, 1.54) is 6.26 Å². The van der Waals surface area contributed by atoms with Crippen molar-refractivity contribution < 1.29 is 18.7 Å². The van der Waals surface area contributed by atoms with Crippen LogP contribution in [0, 0.1) is 0 Å². The van der Waals surface area contributed by atoms with Crippen molar-refractivity contribution in [2.75, 3.05) is 6.54 Å². The van der Waals surface area contributed by atoms with Crippen LogP contribution in [-0.2, 0) is 11.3 Å². The molecule has 0 N–H and O–H groups in total. The van der Waals surface area contributed by atoms with Crippen LogP contribution in [0.25, 0.3) is 0 Å². The number of furan rings is 1. The average Bonchev–Trinajstić information content (AvgIpc) is 3.25. The summed E-state index contributed by atoms with van der Waals surface area (Å²) in [5, 5.41) is 0.